The lowest BCUT2D eigenvalue weighted by molar-refractivity contribution is 0.292. The van der Waals surface area contributed by atoms with E-state index in [4.69, 9.17) is 0 Å². The number of piperazine rings is 1. The molecule has 5 rings (SSSR count). The molecule has 0 saturated carbocycles. The third-order valence-electron chi connectivity index (χ3n) is 6.16. The van der Waals surface area contributed by atoms with Gasteiger partial charge in [0.15, 0.2) is 0 Å². The minimum absolute atomic E-state index is 0.232. The molecule has 8 nitrogen and oxygen atoms in total. The highest BCUT2D eigenvalue weighted by Crippen LogP contribution is 2.35. The van der Waals surface area contributed by atoms with E-state index in [1.54, 1.807) is 24.7 Å². The van der Waals surface area contributed by atoms with Crippen LogP contribution in [-0.2, 0) is 0 Å². The van der Waals surface area contributed by atoms with Crippen molar-refractivity contribution in [2.75, 3.05) is 42.2 Å². The number of likely N-dealkylation sites (N-methyl/N-ethyl adjacent to an activating group) is 1. The van der Waals surface area contributed by atoms with Crippen molar-refractivity contribution < 1.29 is 4.39 Å². The van der Waals surface area contributed by atoms with Crippen LogP contribution in [0.2, 0.25) is 0 Å². The van der Waals surface area contributed by atoms with Gasteiger partial charge in [0.25, 0.3) is 0 Å². The van der Waals surface area contributed by atoms with E-state index in [9.17, 15) is 4.39 Å². The highest BCUT2D eigenvalue weighted by atomic mass is 19.1. The van der Waals surface area contributed by atoms with Crippen molar-refractivity contribution in [2.45, 2.75) is 31.8 Å². The number of aromatic nitrogens is 4. The molecule has 2 fully saturated rings. The Morgan fingerprint density at radius 1 is 1.06 bits per heavy atom. The highest BCUT2D eigenvalue weighted by molar-refractivity contribution is 5.63. The molecule has 0 spiro atoms. The van der Waals surface area contributed by atoms with E-state index in [1.807, 2.05) is 12.1 Å². The van der Waals surface area contributed by atoms with Gasteiger partial charge >= 0.3 is 0 Å². The van der Waals surface area contributed by atoms with Crippen LogP contribution < -0.4 is 15.5 Å². The molecule has 32 heavy (non-hydrogen) atoms. The van der Waals surface area contributed by atoms with Crippen LogP contribution in [0.4, 0.5) is 27.7 Å². The van der Waals surface area contributed by atoms with Crippen molar-refractivity contribution in [1.82, 2.24) is 24.8 Å². The zero-order chi connectivity index (χ0) is 22.1. The van der Waals surface area contributed by atoms with Gasteiger partial charge in [0, 0.05) is 61.6 Å². The first kappa shape index (κ1) is 20.6. The molecule has 2 aliphatic heterocycles. The van der Waals surface area contributed by atoms with Crippen molar-refractivity contribution >= 4 is 23.3 Å². The molecule has 2 N–H and O–H groups in total. The smallest absolute Gasteiger partial charge is 0.227 e. The van der Waals surface area contributed by atoms with E-state index < -0.39 is 0 Å². The van der Waals surface area contributed by atoms with Gasteiger partial charge in [-0.3, -0.25) is 4.90 Å². The molecule has 2 aliphatic rings. The van der Waals surface area contributed by atoms with Gasteiger partial charge in [-0.05, 0) is 44.2 Å². The molecule has 4 heterocycles. The number of fused-ring (bicyclic) bond motifs is 2. The van der Waals surface area contributed by atoms with Gasteiger partial charge in [-0.1, -0.05) is 6.92 Å². The third kappa shape index (κ3) is 4.08. The SMILES string of the molecule is CCCNc1ncc(-c2ccnc(Nc3ccc(N4C[C@@H]5C[C@H]4CN5C)c(F)c3)n2)cn1. The Labute approximate surface area is 186 Å². The number of hydrogen-bond acceptors (Lipinski definition) is 8. The molecular weight excluding hydrogens is 407 g/mol. The lowest BCUT2D eigenvalue weighted by atomic mass is 10.2. The molecule has 2 atom stereocenters. The van der Waals surface area contributed by atoms with Crippen LogP contribution in [0.1, 0.15) is 19.8 Å². The van der Waals surface area contributed by atoms with Gasteiger partial charge in [-0.25, -0.2) is 24.3 Å². The van der Waals surface area contributed by atoms with Crippen LogP contribution >= 0.6 is 0 Å². The Morgan fingerprint density at radius 3 is 2.59 bits per heavy atom. The number of likely N-dealkylation sites (tertiary alicyclic amines) is 1. The van der Waals surface area contributed by atoms with E-state index in [0.29, 0.717) is 41.0 Å². The van der Waals surface area contributed by atoms with Crippen molar-refractivity contribution in [3.05, 3.63) is 48.7 Å². The summed E-state index contributed by atoms with van der Waals surface area (Å²) in [5, 5.41) is 6.26. The molecule has 2 saturated heterocycles. The van der Waals surface area contributed by atoms with Gasteiger partial charge in [-0.2, -0.15) is 0 Å². The fourth-order valence-electron chi connectivity index (χ4n) is 4.48. The summed E-state index contributed by atoms with van der Waals surface area (Å²) in [4.78, 5) is 22.0. The molecule has 0 unspecified atom stereocenters. The summed E-state index contributed by atoms with van der Waals surface area (Å²) in [6.07, 6.45) is 7.23. The van der Waals surface area contributed by atoms with Crippen LogP contribution in [0.3, 0.4) is 0 Å². The van der Waals surface area contributed by atoms with E-state index in [-0.39, 0.29) is 5.82 Å². The van der Waals surface area contributed by atoms with Crippen molar-refractivity contribution in [2.24, 2.45) is 0 Å². The minimum Gasteiger partial charge on any atom is -0.363 e. The van der Waals surface area contributed by atoms with Gasteiger partial charge in [0.2, 0.25) is 11.9 Å². The Bertz CT molecular complexity index is 1090. The number of nitrogens with one attached hydrogen (secondary N) is 2. The van der Waals surface area contributed by atoms with Crippen LogP contribution in [-0.4, -0.2) is 63.6 Å². The van der Waals surface area contributed by atoms with Gasteiger partial charge in [0.05, 0.1) is 11.4 Å². The first-order valence-electron chi connectivity index (χ1n) is 11.0. The molecule has 2 bridgehead atoms. The van der Waals surface area contributed by atoms with Gasteiger partial charge < -0.3 is 15.5 Å². The molecule has 9 heteroatoms. The van der Waals surface area contributed by atoms with Crippen LogP contribution in [0.5, 0.6) is 0 Å². The normalized spacial score (nSPS) is 20.0. The second-order valence-corrected chi connectivity index (χ2v) is 8.41. The standard InChI is InChI=1S/C23H27FN8/c1-3-7-25-22-27-11-15(12-28-22)20-6-8-26-23(30-20)29-16-4-5-21(19(24)9-16)32-14-17-10-18(32)13-31(17)2/h4-6,8-9,11-12,17-18H,3,7,10,13-14H2,1-2H3,(H,25,27,28)(H,26,29,30)/t17-,18-/m0/s1. The molecule has 0 radical (unpaired) electrons. The fourth-order valence-corrected chi connectivity index (χ4v) is 4.48. The first-order chi connectivity index (χ1) is 15.6. The Hall–Kier alpha value is -3.33. The summed E-state index contributed by atoms with van der Waals surface area (Å²) in [5.74, 6) is 0.756. The van der Waals surface area contributed by atoms with E-state index in [2.05, 4.69) is 54.3 Å². The van der Waals surface area contributed by atoms with E-state index in [1.165, 1.54) is 6.07 Å². The van der Waals surface area contributed by atoms with Gasteiger partial charge in [-0.15, -0.1) is 0 Å². The molecule has 0 amide bonds. The van der Waals surface area contributed by atoms with E-state index >= 15 is 0 Å². The Kier molecular flexibility index (Phi) is 5.57. The minimum atomic E-state index is -0.232. The highest BCUT2D eigenvalue weighted by Gasteiger charge is 2.42. The molecule has 0 aliphatic carbocycles. The largest absolute Gasteiger partial charge is 0.363 e. The number of hydrogen-bond donors (Lipinski definition) is 2. The number of nitrogens with zero attached hydrogens (tertiary/aromatic N) is 6. The summed E-state index contributed by atoms with van der Waals surface area (Å²) in [7, 11) is 2.14. The second kappa shape index (κ2) is 8.66. The molecule has 1 aromatic carbocycles. The maximum absolute atomic E-state index is 14.9. The summed E-state index contributed by atoms with van der Waals surface area (Å²) in [5.41, 5.74) is 2.76. The fraction of sp³-hybridized carbons (Fsp3) is 0.391. The van der Waals surface area contributed by atoms with Crippen molar-refractivity contribution in [3.63, 3.8) is 0 Å². The number of rotatable bonds is 7. The predicted molar refractivity (Wildman–Crippen MR) is 124 cm³/mol. The van der Waals surface area contributed by atoms with Crippen molar-refractivity contribution in [1.29, 1.82) is 0 Å². The maximum Gasteiger partial charge on any atom is 0.227 e. The monoisotopic (exact) mass is 434 g/mol. The average molecular weight is 435 g/mol. The van der Waals surface area contributed by atoms with Crippen LogP contribution in [0, 0.1) is 5.82 Å². The summed E-state index contributed by atoms with van der Waals surface area (Å²) >= 11 is 0. The topological polar surface area (TPSA) is 82.1 Å². The van der Waals surface area contributed by atoms with Crippen LogP contribution in [0.15, 0.2) is 42.9 Å². The molecule has 166 valence electrons. The van der Waals surface area contributed by atoms with E-state index in [0.717, 1.165) is 38.0 Å². The quantitative estimate of drug-likeness (QED) is 0.585. The number of halogens is 1. The third-order valence-corrected chi connectivity index (χ3v) is 6.16. The van der Waals surface area contributed by atoms with Crippen LogP contribution in [0.25, 0.3) is 11.3 Å². The predicted octanol–water partition coefficient (Wildman–Crippen LogP) is 3.53. The second-order valence-electron chi connectivity index (χ2n) is 8.41. The Morgan fingerprint density at radius 2 is 1.91 bits per heavy atom. The molecule has 2 aromatic heterocycles. The van der Waals surface area contributed by atoms with Crippen molar-refractivity contribution in [3.8, 4) is 11.3 Å². The zero-order valence-corrected chi connectivity index (χ0v) is 18.3. The maximum atomic E-state index is 14.9. The summed E-state index contributed by atoms with van der Waals surface area (Å²) in [6.45, 7) is 4.78. The Balaban J connectivity index is 1.29. The molecule has 3 aromatic rings. The van der Waals surface area contributed by atoms with Gasteiger partial charge in [0.1, 0.15) is 5.82 Å². The number of anilines is 4. The first-order valence-corrected chi connectivity index (χ1v) is 11.0. The number of benzene rings is 1. The molecular formula is C23H27FN8. The average Bonchev–Trinajstić information content (AvgIpc) is 3.38. The summed E-state index contributed by atoms with van der Waals surface area (Å²) in [6, 6.07) is 7.95. The lowest BCUT2D eigenvalue weighted by Gasteiger charge is -2.33. The summed E-state index contributed by atoms with van der Waals surface area (Å²) < 4.78 is 14.9. The zero-order valence-electron chi connectivity index (χ0n) is 18.3. The lowest BCUT2D eigenvalue weighted by Crippen LogP contribution is -2.44.